The molecular weight excluding hydrogens is 252 g/mol. The number of hydrogen-bond donors (Lipinski definition) is 0. The molecule has 0 N–H and O–H groups in total. The highest BCUT2D eigenvalue weighted by atomic mass is 16.5. The summed E-state index contributed by atoms with van der Waals surface area (Å²) in [7, 11) is 3.60. The van der Waals surface area contributed by atoms with Crippen molar-refractivity contribution in [3.8, 4) is 0 Å². The molecule has 4 heteroatoms. The Morgan fingerprint density at radius 3 is 2.80 bits per heavy atom. The van der Waals surface area contributed by atoms with Crippen molar-refractivity contribution in [3.63, 3.8) is 0 Å². The van der Waals surface area contributed by atoms with Crippen molar-refractivity contribution < 1.29 is 9.53 Å². The number of rotatable bonds is 5. The summed E-state index contributed by atoms with van der Waals surface area (Å²) < 4.78 is 5.81. The summed E-state index contributed by atoms with van der Waals surface area (Å²) in [6.45, 7) is 2.92. The molecule has 1 aromatic carbocycles. The first-order valence-electron chi connectivity index (χ1n) is 7.23. The number of hydrogen-bond acceptors (Lipinski definition) is 3. The van der Waals surface area contributed by atoms with Crippen molar-refractivity contribution in [2.45, 2.75) is 18.9 Å². The van der Waals surface area contributed by atoms with E-state index < -0.39 is 0 Å². The largest absolute Gasteiger partial charge is 0.376 e. The Morgan fingerprint density at radius 2 is 2.10 bits per heavy atom. The van der Waals surface area contributed by atoms with Crippen LogP contribution in [0.4, 0.5) is 0 Å². The van der Waals surface area contributed by atoms with Crippen LogP contribution in [0.5, 0.6) is 0 Å². The highest BCUT2D eigenvalue weighted by Crippen LogP contribution is 2.12. The van der Waals surface area contributed by atoms with Gasteiger partial charge in [-0.25, -0.2) is 0 Å². The number of ether oxygens (including phenoxy) is 1. The van der Waals surface area contributed by atoms with Crippen LogP contribution in [0.2, 0.25) is 0 Å². The second kappa shape index (κ2) is 7.41. The van der Waals surface area contributed by atoms with Crippen LogP contribution in [-0.4, -0.2) is 62.1 Å². The van der Waals surface area contributed by atoms with Gasteiger partial charge in [-0.2, -0.15) is 0 Å². The number of nitrogens with zero attached hydrogens (tertiary/aromatic N) is 2. The minimum absolute atomic E-state index is 0.161. The SMILES string of the molecule is CN(C)C(=O)CN1CCOC(CCc2ccccc2)C1. The maximum atomic E-state index is 11.7. The van der Waals surface area contributed by atoms with Crippen molar-refractivity contribution in [2.75, 3.05) is 40.3 Å². The van der Waals surface area contributed by atoms with Crippen LogP contribution < -0.4 is 0 Å². The van der Waals surface area contributed by atoms with E-state index in [0.29, 0.717) is 6.54 Å². The molecule has 0 aliphatic carbocycles. The van der Waals surface area contributed by atoms with Crippen LogP contribution in [0, 0.1) is 0 Å². The number of carbonyl (C=O) groups excluding carboxylic acids is 1. The summed E-state index contributed by atoms with van der Waals surface area (Å²) in [4.78, 5) is 15.6. The van der Waals surface area contributed by atoms with Gasteiger partial charge in [0.15, 0.2) is 0 Å². The Balaban J connectivity index is 1.77. The molecule has 1 saturated heterocycles. The Kier molecular flexibility index (Phi) is 5.56. The molecule has 1 aliphatic rings. The number of morpholine rings is 1. The lowest BCUT2D eigenvalue weighted by molar-refractivity contribution is -0.132. The van der Waals surface area contributed by atoms with Gasteiger partial charge in [0, 0.05) is 27.2 Å². The molecular formula is C16H24N2O2. The Labute approximate surface area is 121 Å². The summed E-state index contributed by atoms with van der Waals surface area (Å²) in [5.74, 6) is 0.161. The predicted molar refractivity (Wildman–Crippen MR) is 79.6 cm³/mol. The summed E-state index contributed by atoms with van der Waals surface area (Å²) >= 11 is 0. The van der Waals surface area contributed by atoms with E-state index >= 15 is 0 Å². The normalized spacial score (nSPS) is 19.8. The van der Waals surface area contributed by atoms with Gasteiger partial charge in [0.1, 0.15) is 0 Å². The molecule has 20 heavy (non-hydrogen) atoms. The van der Waals surface area contributed by atoms with Crippen molar-refractivity contribution >= 4 is 5.91 Å². The molecule has 1 heterocycles. The molecule has 1 fully saturated rings. The van der Waals surface area contributed by atoms with E-state index in [0.717, 1.165) is 32.5 Å². The van der Waals surface area contributed by atoms with Crippen molar-refractivity contribution in [1.82, 2.24) is 9.80 Å². The van der Waals surface area contributed by atoms with Crippen LogP contribution in [0.25, 0.3) is 0 Å². The quantitative estimate of drug-likeness (QED) is 0.815. The van der Waals surface area contributed by atoms with Gasteiger partial charge >= 0.3 is 0 Å². The number of carbonyl (C=O) groups is 1. The van der Waals surface area contributed by atoms with Gasteiger partial charge in [0.05, 0.1) is 19.3 Å². The van der Waals surface area contributed by atoms with Crippen molar-refractivity contribution in [3.05, 3.63) is 35.9 Å². The van der Waals surface area contributed by atoms with Crippen LogP contribution in [0.3, 0.4) is 0 Å². The predicted octanol–water partition coefficient (Wildman–Crippen LogP) is 1.41. The maximum Gasteiger partial charge on any atom is 0.236 e. The molecule has 1 atom stereocenters. The summed E-state index contributed by atoms with van der Waals surface area (Å²) in [5.41, 5.74) is 1.34. The zero-order chi connectivity index (χ0) is 14.4. The zero-order valence-corrected chi connectivity index (χ0v) is 12.4. The Morgan fingerprint density at radius 1 is 1.35 bits per heavy atom. The van der Waals surface area contributed by atoms with Gasteiger partial charge in [-0.05, 0) is 18.4 Å². The molecule has 0 bridgehead atoms. The maximum absolute atomic E-state index is 11.7. The summed E-state index contributed by atoms with van der Waals surface area (Å²) in [5, 5.41) is 0. The van der Waals surface area contributed by atoms with Gasteiger partial charge < -0.3 is 9.64 Å². The molecule has 4 nitrogen and oxygen atoms in total. The molecule has 0 saturated carbocycles. The van der Waals surface area contributed by atoms with E-state index in [-0.39, 0.29) is 12.0 Å². The fraction of sp³-hybridized carbons (Fsp3) is 0.562. The first kappa shape index (κ1) is 15.0. The molecule has 2 rings (SSSR count). The number of likely N-dealkylation sites (N-methyl/N-ethyl adjacent to an activating group) is 1. The van der Waals surface area contributed by atoms with E-state index in [9.17, 15) is 4.79 Å². The summed E-state index contributed by atoms with van der Waals surface area (Å²) in [6.07, 6.45) is 2.27. The summed E-state index contributed by atoms with van der Waals surface area (Å²) in [6, 6.07) is 10.5. The Hall–Kier alpha value is -1.39. The van der Waals surface area contributed by atoms with Gasteiger partial charge in [-0.15, -0.1) is 0 Å². The lowest BCUT2D eigenvalue weighted by Gasteiger charge is -2.33. The van der Waals surface area contributed by atoms with E-state index in [1.807, 2.05) is 6.07 Å². The van der Waals surface area contributed by atoms with Gasteiger partial charge in [-0.3, -0.25) is 9.69 Å². The Bertz CT molecular complexity index is 420. The number of amides is 1. The van der Waals surface area contributed by atoms with Gasteiger partial charge in [0.2, 0.25) is 5.91 Å². The fourth-order valence-electron chi connectivity index (χ4n) is 2.40. The van der Waals surface area contributed by atoms with Crippen LogP contribution in [-0.2, 0) is 16.0 Å². The second-order valence-electron chi connectivity index (χ2n) is 5.54. The molecule has 0 radical (unpaired) electrons. The molecule has 1 aliphatic heterocycles. The number of benzene rings is 1. The highest BCUT2D eigenvalue weighted by molar-refractivity contribution is 5.77. The van der Waals surface area contributed by atoms with Crippen molar-refractivity contribution in [1.29, 1.82) is 0 Å². The first-order valence-corrected chi connectivity index (χ1v) is 7.23. The average molecular weight is 276 g/mol. The monoisotopic (exact) mass is 276 g/mol. The molecule has 0 aromatic heterocycles. The van der Waals surface area contributed by atoms with E-state index in [1.54, 1.807) is 19.0 Å². The van der Waals surface area contributed by atoms with Gasteiger partial charge in [-0.1, -0.05) is 30.3 Å². The molecule has 110 valence electrons. The molecule has 0 spiro atoms. The molecule has 1 unspecified atom stereocenters. The van der Waals surface area contributed by atoms with E-state index in [4.69, 9.17) is 4.74 Å². The van der Waals surface area contributed by atoms with Gasteiger partial charge in [0.25, 0.3) is 0 Å². The average Bonchev–Trinajstić information content (AvgIpc) is 2.46. The van der Waals surface area contributed by atoms with Crippen LogP contribution in [0.15, 0.2) is 30.3 Å². The number of aryl methyl sites for hydroxylation is 1. The lowest BCUT2D eigenvalue weighted by Crippen LogP contribution is -2.46. The third kappa shape index (κ3) is 4.62. The van der Waals surface area contributed by atoms with Crippen LogP contribution >= 0.6 is 0 Å². The lowest BCUT2D eigenvalue weighted by atomic mass is 10.1. The third-order valence-corrected chi connectivity index (χ3v) is 3.68. The van der Waals surface area contributed by atoms with Crippen molar-refractivity contribution in [2.24, 2.45) is 0 Å². The van der Waals surface area contributed by atoms with E-state index in [2.05, 4.69) is 29.2 Å². The minimum atomic E-state index is 0.161. The molecule has 1 aromatic rings. The first-order chi connectivity index (χ1) is 9.65. The fourth-order valence-corrected chi connectivity index (χ4v) is 2.40. The highest BCUT2D eigenvalue weighted by Gasteiger charge is 2.22. The smallest absolute Gasteiger partial charge is 0.236 e. The second-order valence-corrected chi connectivity index (χ2v) is 5.54. The topological polar surface area (TPSA) is 32.8 Å². The van der Waals surface area contributed by atoms with Crippen LogP contribution in [0.1, 0.15) is 12.0 Å². The van der Waals surface area contributed by atoms with E-state index in [1.165, 1.54) is 5.56 Å². The standard InChI is InChI=1S/C16H24N2O2/c1-17(2)16(19)13-18-10-11-20-15(12-18)9-8-14-6-4-3-5-7-14/h3-7,15H,8-13H2,1-2H3. The third-order valence-electron chi connectivity index (χ3n) is 3.68. The molecule has 1 amide bonds. The minimum Gasteiger partial charge on any atom is -0.376 e. The zero-order valence-electron chi connectivity index (χ0n) is 12.4.